The number of benzene rings is 1. The number of hydrogen-bond acceptors (Lipinski definition) is 3. The first-order valence-electron chi connectivity index (χ1n) is 8.79. The van der Waals surface area contributed by atoms with Crippen molar-refractivity contribution in [2.24, 2.45) is 4.99 Å². The summed E-state index contributed by atoms with van der Waals surface area (Å²) in [6, 6.07) is 10.0. The van der Waals surface area contributed by atoms with Gasteiger partial charge in [0.15, 0.2) is 5.96 Å². The van der Waals surface area contributed by atoms with E-state index in [0.717, 1.165) is 35.8 Å². The van der Waals surface area contributed by atoms with Crippen molar-refractivity contribution in [1.82, 2.24) is 15.6 Å². The van der Waals surface area contributed by atoms with E-state index in [1.54, 1.807) is 19.3 Å². The van der Waals surface area contributed by atoms with Gasteiger partial charge in [0.25, 0.3) is 0 Å². The summed E-state index contributed by atoms with van der Waals surface area (Å²) in [4.78, 5) is 8.36. The highest BCUT2D eigenvalue weighted by atomic mass is 35.5. The first kappa shape index (κ1) is 20.0. The molecule has 0 unspecified atom stereocenters. The Bertz CT molecular complexity index is 729. The third-order valence-electron chi connectivity index (χ3n) is 3.75. The maximum absolute atomic E-state index is 5.92. The van der Waals surface area contributed by atoms with Crippen LogP contribution in [0.25, 0.3) is 0 Å². The fourth-order valence-electron chi connectivity index (χ4n) is 2.45. The Kier molecular flexibility index (Phi) is 7.73. The van der Waals surface area contributed by atoms with Crippen LogP contribution >= 0.6 is 11.6 Å². The SMILES string of the molecule is CN=C(NCCc1ccc(Cl)nc1)NCc1ccc(C)cc1OC(C)C. The van der Waals surface area contributed by atoms with Crippen molar-refractivity contribution in [3.05, 3.63) is 58.4 Å². The number of pyridine rings is 1. The van der Waals surface area contributed by atoms with E-state index in [1.165, 1.54) is 5.56 Å². The van der Waals surface area contributed by atoms with Crippen LogP contribution in [-0.4, -0.2) is 30.6 Å². The molecule has 0 saturated heterocycles. The number of aromatic nitrogens is 1. The minimum Gasteiger partial charge on any atom is -0.491 e. The second kappa shape index (κ2) is 10.0. The number of halogens is 1. The normalized spacial score (nSPS) is 11.5. The molecule has 2 rings (SSSR count). The molecule has 140 valence electrons. The third kappa shape index (κ3) is 6.56. The van der Waals surface area contributed by atoms with Crippen LogP contribution in [0.2, 0.25) is 5.15 Å². The molecule has 6 heteroatoms. The van der Waals surface area contributed by atoms with E-state index in [9.17, 15) is 0 Å². The van der Waals surface area contributed by atoms with Gasteiger partial charge in [-0.2, -0.15) is 0 Å². The molecule has 0 atom stereocenters. The summed E-state index contributed by atoms with van der Waals surface area (Å²) < 4.78 is 5.92. The molecule has 0 bridgehead atoms. The van der Waals surface area contributed by atoms with Gasteiger partial charge in [-0.25, -0.2) is 4.98 Å². The highest BCUT2D eigenvalue weighted by Gasteiger charge is 2.07. The van der Waals surface area contributed by atoms with Gasteiger partial charge in [0.05, 0.1) is 6.10 Å². The summed E-state index contributed by atoms with van der Waals surface area (Å²) in [5.41, 5.74) is 3.42. The van der Waals surface area contributed by atoms with Crippen LogP contribution in [0.1, 0.15) is 30.5 Å². The van der Waals surface area contributed by atoms with Gasteiger partial charge in [-0.1, -0.05) is 29.8 Å². The molecule has 1 aromatic heterocycles. The molecule has 0 amide bonds. The average molecular weight is 375 g/mol. The van der Waals surface area contributed by atoms with Gasteiger partial charge >= 0.3 is 0 Å². The summed E-state index contributed by atoms with van der Waals surface area (Å²) >= 11 is 5.81. The third-order valence-corrected chi connectivity index (χ3v) is 3.97. The minimum absolute atomic E-state index is 0.140. The zero-order chi connectivity index (χ0) is 18.9. The Morgan fingerprint density at radius 3 is 2.69 bits per heavy atom. The molecule has 0 aliphatic carbocycles. The molecule has 0 fully saturated rings. The number of nitrogens with one attached hydrogen (secondary N) is 2. The van der Waals surface area contributed by atoms with E-state index in [2.05, 4.69) is 45.7 Å². The van der Waals surface area contributed by atoms with E-state index in [0.29, 0.717) is 11.7 Å². The molecule has 2 N–H and O–H groups in total. The second-order valence-corrected chi connectivity index (χ2v) is 6.76. The van der Waals surface area contributed by atoms with Gasteiger partial charge in [0, 0.05) is 31.9 Å². The summed E-state index contributed by atoms with van der Waals surface area (Å²) in [5, 5.41) is 7.16. The van der Waals surface area contributed by atoms with Crippen molar-refractivity contribution >= 4 is 17.6 Å². The molecule has 0 saturated carbocycles. The monoisotopic (exact) mass is 374 g/mol. The lowest BCUT2D eigenvalue weighted by Crippen LogP contribution is -2.38. The number of rotatable bonds is 7. The second-order valence-electron chi connectivity index (χ2n) is 6.37. The highest BCUT2D eigenvalue weighted by Crippen LogP contribution is 2.21. The molecular weight excluding hydrogens is 348 g/mol. The number of aliphatic imine (C=N–C) groups is 1. The molecule has 1 heterocycles. The first-order chi connectivity index (χ1) is 12.5. The quantitative estimate of drug-likeness (QED) is 0.440. The van der Waals surface area contributed by atoms with Gasteiger partial charge < -0.3 is 15.4 Å². The fourth-order valence-corrected chi connectivity index (χ4v) is 2.56. The van der Waals surface area contributed by atoms with Crippen molar-refractivity contribution in [1.29, 1.82) is 0 Å². The predicted octanol–water partition coefficient (Wildman–Crippen LogP) is 3.74. The maximum atomic E-state index is 5.92. The van der Waals surface area contributed by atoms with Crippen LogP contribution < -0.4 is 15.4 Å². The van der Waals surface area contributed by atoms with E-state index in [4.69, 9.17) is 16.3 Å². The van der Waals surface area contributed by atoms with Crippen LogP contribution in [-0.2, 0) is 13.0 Å². The molecule has 26 heavy (non-hydrogen) atoms. The Morgan fingerprint density at radius 1 is 1.23 bits per heavy atom. The molecule has 0 aliphatic heterocycles. The van der Waals surface area contributed by atoms with Crippen LogP contribution in [0.4, 0.5) is 0 Å². The van der Waals surface area contributed by atoms with E-state index in [-0.39, 0.29) is 6.10 Å². The molecule has 0 spiro atoms. The maximum Gasteiger partial charge on any atom is 0.191 e. The molecule has 0 radical (unpaired) electrons. The standard InChI is InChI=1S/C20H27ClN4O/c1-14(2)26-18-11-15(3)5-7-17(18)13-25-20(22-4)23-10-9-16-6-8-19(21)24-12-16/h5-8,11-12,14H,9-10,13H2,1-4H3,(H2,22,23,25). The van der Waals surface area contributed by atoms with Crippen LogP contribution in [0.15, 0.2) is 41.5 Å². The number of hydrogen-bond donors (Lipinski definition) is 2. The lowest BCUT2D eigenvalue weighted by Gasteiger charge is -2.17. The van der Waals surface area contributed by atoms with Gasteiger partial charge in [0.2, 0.25) is 0 Å². The van der Waals surface area contributed by atoms with E-state index >= 15 is 0 Å². The first-order valence-corrected chi connectivity index (χ1v) is 9.17. The van der Waals surface area contributed by atoms with Crippen molar-refractivity contribution in [3.63, 3.8) is 0 Å². The zero-order valence-corrected chi connectivity index (χ0v) is 16.6. The van der Waals surface area contributed by atoms with Gasteiger partial charge in [-0.15, -0.1) is 0 Å². The van der Waals surface area contributed by atoms with Crippen LogP contribution in [0, 0.1) is 6.92 Å². The molecular formula is C20H27ClN4O. The lowest BCUT2D eigenvalue weighted by atomic mass is 10.1. The van der Waals surface area contributed by atoms with Crippen LogP contribution in [0.5, 0.6) is 5.75 Å². The lowest BCUT2D eigenvalue weighted by molar-refractivity contribution is 0.239. The topological polar surface area (TPSA) is 58.5 Å². The largest absolute Gasteiger partial charge is 0.491 e. The van der Waals surface area contributed by atoms with Crippen molar-refractivity contribution < 1.29 is 4.74 Å². The molecule has 0 aliphatic rings. The van der Waals surface area contributed by atoms with Gasteiger partial charge in [-0.05, 0) is 50.5 Å². The molecule has 2 aromatic rings. The summed E-state index contributed by atoms with van der Waals surface area (Å²) in [6.45, 7) is 7.53. The Balaban J connectivity index is 1.87. The van der Waals surface area contributed by atoms with E-state index < -0.39 is 0 Å². The summed E-state index contributed by atoms with van der Waals surface area (Å²) in [5.74, 6) is 1.66. The molecule has 1 aromatic carbocycles. The summed E-state index contributed by atoms with van der Waals surface area (Å²) in [6.07, 6.45) is 2.78. The smallest absolute Gasteiger partial charge is 0.191 e. The Labute approximate surface area is 160 Å². The van der Waals surface area contributed by atoms with E-state index in [1.807, 2.05) is 19.9 Å². The van der Waals surface area contributed by atoms with Crippen molar-refractivity contribution in [2.75, 3.05) is 13.6 Å². The minimum atomic E-state index is 0.140. The Hall–Kier alpha value is -2.27. The number of guanidine groups is 1. The predicted molar refractivity (Wildman–Crippen MR) is 108 cm³/mol. The number of nitrogens with zero attached hydrogens (tertiary/aromatic N) is 2. The zero-order valence-electron chi connectivity index (χ0n) is 15.8. The number of ether oxygens (including phenoxy) is 1. The summed E-state index contributed by atoms with van der Waals surface area (Å²) in [7, 11) is 1.76. The van der Waals surface area contributed by atoms with Gasteiger partial charge in [0.1, 0.15) is 10.9 Å². The fraction of sp³-hybridized carbons (Fsp3) is 0.400. The number of aryl methyl sites for hydroxylation is 1. The Morgan fingerprint density at radius 2 is 2.04 bits per heavy atom. The molecule has 5 nitrogen and oxygen atoms in total. The van der Waals surface area contributed by atoms with Crippen molar-refractivity contribution in [2.45, 2.75) is 39.8 Å². The van der Waals surface area contributed by atoms with Crippen LogP contribution in [0.3, 0.4) is 0 Å². The highest BCUT2D eigenvalue weighted by molar-refractivity contribution is 6.29. The average Bonchev–Trinajstić information content (AvgIpc) is 2.60. The van der Waals surface area contributed by atoms with Crippen molar-refractivity contribution in [3.8, 4) is 5.75 Å². The van der Waals surface area contributed by atoms with Gasteiger partial charge in [-0.3, -0.25) is 4.99 Å².